The van der Waals surface area contributed by atoms with E-state index in [2.05, 4.69) is 13.8 Å². The van der Waals surface area contributed by atoms with Gasteiger partial charge in [-0.2, -0.15) is 0 Å². The summed E-state index contributed by atoms with van der Waals surface area (Å²) in [6.45, 7) is 8.08. The van der Waals surface area contributed by atoms with Crippen molar-refractivity contribution < 1.29 is 9.53 Å². The van der Waals surface area contributed by atoms with Gasteiger partial charge in [-0.1, -0.05) is 13.8 Å². The molecule has 0 unspecified atom stereocenters. The predicted octanol–water partition coefficient (Wildman–Crippen LogP) is 0.607. The molecule has 1 heterocycles. The van der Waals surface area contributed by atoms with Crippen molar-refractivity contribution in [1.82, 2.24) is 4.90 Å². The second kappa shape index (κ2) is 5.47. The van der Waals surface area contributed by atoms with Gasteiger partial charge >= 0.3 is 0 Å². The lowest BCUT2D eigenvalue weighted by Gasteiger charge is -2.35. The van der Waals surface area contributed by atoms with E-state index in [0.29, 0.717) is 25.7 Å². The molecule has 1 amide bonds. The van der Waals surface area contributed by atoms with E-state index in [1.165, 1.54) is 0 Å². The van der Waals surface area contributed by atoms with E-state index in [4.69, 9.17) is 10.5 Å². The van der Waals surface area contributed by atoms with E-state index in [1.54, 1.807) is 0 Å². The Balaban J connectivity index is 2.50. The number of hydrogen-bond acceptors (Lipinski definition) is 3. The fourth-order valence-electron chi connectivity index (χ4n) is 1.88. The number of nitrogens with two attached hydrogens (primary N) is 1. The zero-order valence-corrected chi connectivity index (χ0v) is 9.90. The quantitative estimate of drug-likeness (QED) is 0.749. The van der Waals surface area contributed by atoms with E-state index in [1.807, 2.05) is 11.8 Å². The third kappa shape index (κ3) is 3.47. The Labute approximate surface area is 91.8 Å². The Morgan fingerprint density at radius 1 is 1.60 bits per heavy atom. The molecular formula is C11H22N2O2. The zero-order chi connectivity index (χ0) is 11.4. The summed E-state index contributed by atoms with van der Waals surface area (Å²) >= 11 is 0. The normalized spacial score (nSPS) is 24.3. The van der Waals surface area contributed by atoms with Gasteiger partial charge in [0.05, 0.1) is 25.3 Å². The number of ether oxygens (including phenoxy) is 1. The summed E-state index contributed by atoms with van der Waals surface area (Å²) in [5.74, 6) is 0.528. The van der Waals surface area contributed by atoms with Crippen LogP contribution in [0.25, 0.3) is 0 Å². The molecule has 4 heteroatoms. The predicted molar refractivity (Wildman–Crippen MR) is 59.4 cm³/mol. The minimum absolute atomic E-state index is 0.0690. The maximum atomic E-state index is 12.0. The number of amides is 1. The monoisotopic (exact) mass is 214 g/mol. The van der Waals surface area contributed by atoms with Crippen molar-refractivity contribution in [1.29, 1.82) is 0 Å². The first kappa shape index (κ1) is 12.5. The molecule has 0 aliphatic carbocycles. The summed E-state index contributed by atoms with van der Waals surface area (Å²) in [7, 11) is 0. The highest BCUT2D eigenvalue weighted by Gasteiger charge is 2.27. The summed E-state index contributed by atoms with van der Waals surface area (Å²) in [6.07, 6.45) is 0.753. The molecule has 0 radical (unpaired) electrons. The summed E-state index contributed by atoms with van der Waals surface area (Å²) in [6, 6.07) is -0.199. The van der Waals surface area contributed by atoms with Crippen LogP contribution in [0.5, 0.6) is 0 Å². The largest absolute Gasteiger partial charge is 0.377 e. The lowest BCUT2D eigenvalue weighted by molar-refractivity contribution is -0.140. The minimum Gasteiger partial charge on any atom is -0.377 e. The van der Waals surface area contributed by atoms with Gasteiger partial charge in [-0.05, 0) is 19.3 Å². The maximum Gasteiger partial charge on any atom is 0.239 e. The standard InChI is InChI=1S/C11H22N2O2/c1-8(2)6-10(12)11(14)13-4-5-15-7-9(13)3/h8-10H,4-7,12H2,1-3H3/t9-,10+/m1/s1. The van der Waals surface area contributed by atoms with Crippen LogP contribution in [-0.2, 0) is 9.53 Å². The first-order chi connectivity index (χ1) is 7.02. The van der Waals surface area contributed by atoms with Gasteiger partial charge in [0, 0.05) is 6.54 Å². The molecule has 0 saturated carbocycles. The Kier molecular flexibility index (Phi) is 4.54. The molecular weight excluding hydrogens is 192 g/mol. The fourth-order valence-corrected chi connectivity index (χ4v) is 1.88. The van der Waals surface area contributed by atoms with Crippen LogP contribution in [0.2, 0.25) is 0 Å². The van der Waals surface area contributed by atoms with Gasteiger partial charge in [-0.15, -0.1) is 0 Å². The smallest absolute Gasteiger partial charge is 0.239 e. The Morgan fingerprint density at radius 2 is 2.27 bits per heavy atom. The van der Waals surface area contributed by atoms with Gasteiger partial charge in [-0.3, -0.25) is 4.79 Å². The molecule has 1 aliphatic heterocycles. The third-order valence-corrected chi connectivity index (χ3v) is 2.69. The lowest BCUT2D eigenvalue weighted by atomic mass is 10.0. The van der Waals surface area contributed by atoms with Crippen LogP contribution < -0.4 is 5.73 Å². The van der Waals surface area contributed by atoms with Crippen LogP contribution in [-0.4, -0.2) is 42.6 Å². The van der Waals surface area contributed by atoms with Gasteiger partial charge in [-0.25, -0.2) is 0 Å². The fraction of sp³-hybridized carbons (Fsp3) is 0.909. The highest BCUT2D eigenvalue weighted by molar-refractivity contribution is 5.82. The van der Waals surface area contributed by atoms with Crippen molar-refractivity contribution in [3.8, 4) is 0 Å². The number of morpholine rings is 1. The van der Waals surface area contributed by atoms with Crippen LogP contribution in [0.1, 0.15) is 27.2 Å². The van der Waals surface area contributed by atoms with Crippen molar-refractivity contribution in [2.45, 2.75) is 39.3 Å². The van der Waals surface area contributed by atoms with E-state index < -0.39 is 0 Å². The van der Waals surface area contributed by atoms with E-state index in [9.17, 15) is 4.79 Å². The van der Waals surface area contributed by atoms with Crippen LogP contribution >= 0.6 is 0 Å². The highest BCUT2D eigenvalue weighted by Crippen LogP contribution is 2.11. The van der Waals surface area contributed by atoms with Crippen LogP contribution in [0.15, 0.2) is 0 Å². The lowest BCUT2D eigenvalue weighted by Crippen LogP contribution is -2.53. The van der Waals surface area contributed by atoms with Crippen LogP contribution in [0.4, 0.5) is 0 Å². The average molecular weight is 214 g/mol. The van der Waals surface area contributed by atoms with Gasteiger partial charge in [0.2, 0.25) is 5.91 Å². The highest BCUT2D eigenvalue weighted by atomic mass is 16.5. The first-order valence-electron chi connectivity index (χ1n) is 5.66. The van der Waals surface area contributed by atoms with Gasteiger partial charge in [0.25, 0.3) is 0 Å². The molecule has 4 nitrogen and oxygen atoms in total. The number of nitrogens with zero attached hydrogens (tertiary/aromatic N) is 1. The van der Waals surface area contributed by atoms with Gasteiger partial charge in [0.15, 0.2) is 0 Å². The summed E-state index contributed by atoms with van der Waals surface area (Å²) < 4.78 is 5.29. The third-order valence-electron chi connectivity index (χ3n) is 2.69. The minimum atomic E-state index is -0.356. The molecule has 0 bridgehead atoms. The Hall–Kier alpha value is -0.610. The second-order valence-corrected chi connectivity index (χ2v) is 4.69. The maximum absolute atomic E-state index is 12.0. The number of carbonyl (C=O) groups excluding carboxylic acids is 1. The Morgan fingerprint density at radius 3 is 2.80 bits per heavy atom. The SMILES string of the molecule is CC(C)C[C@H](N)C(=O)N1CCOC[C@H]1C. The van der Waals surface area contributed by atoms with Crippen molar-refractivity contribution in [2.75, 3.05) is 19.8 Å². The molecule has 1 rings (SSSR count). The van der Waals surface area contributed by atoms with E-state index in [-0.39, 0.29) is 18.0 Å². The van der Waals surface area contributed by atoms with Crippen LogP contribution in [0.3, 0.4) is 0 Å². The topological polar surface area (TPSA) is 55.6 Å². The van der Waals surface area contributed by atoms with Crippen molar-refractivity contribution in [2.24, 2.45) is 11.7 Å². The van der Waals surface area contributed by atoms with Crippen molar-refractivity contribution >= 4 is 5.91 Å². The Bertz CT molecular complexity index is 219. The number of hydrogen-bond donors (Lipinski definition) is 1. The first-order valence-corrected chi connectivity index (χ1v) is 5.66. The molecule has 1 aliphatic rings. The summed E-state index contributed by atoms with van der Waals surface area (Å²) in [5.41, 5.74) is 5.88. The molecule has 0 aromatic rings. The summed E-state index contributed by atoms with van der Waals surface area (Å²) in [5, 5.41) is 0. The molecule has 1 fully saturated rings. The van der Waals surface area contributed by atoms with E-state index in [0.717, 1.165) is 6.42 Å². The number of rotatable bonds is 3. The van der Waals surface area contributed by atoms with Crippen molar-refractivity contribution in [3.05, 3.63) is 0 Å². The molecule has 2 N–H and O–H groups in total. The van der Waals surface area contributed by atoms with Crippen LogP contribution in [0, 0.1) is 5.92 Å². The van der Waals surface area contributed by atoms with Gasteiger partial charge < -0.3 is 15.4 Å². The number of carbonyl (C=O) groups is 1. The second-order valence-electron chi connectivity index (χ2n) is 4.69. The molecule has 0 aromatic heterocycles. The molecule has 0 aromatic carbocycles. The molecule has 1 saturated heterocycles. The molecule has 88 valence electrons. The van der Waals surface area contributed by atoms with Gasteiger partial charge in [0.1, 0.15) is 0 Å². The zero-order valence-electron chi connectivity index (χ0n) is 9.90. The average Bonchev–Trinajstić information content (AvgIpc) is 2.16. The van der Waals surface area contributed by atoms with Crippen molar-refractivity contribution in [3.63, 3.8) is 0 Å². The molecule has 15 heavy (non-hydrogen) atoms. The van der Waals surface area contributed by atoms with E-state index >= 15 is 0 Å². The molecule has 0 spiro atoms. The summed E-state index contributed by atoms with van der Waals surface area (Å²) in [4.78, 5) is 13.8. The molecule has 2 atom stereocenters.